The molecule has 0 radical (unpaired) electrons. The summed E-state index contributed by atoms with van der Waals surface area (Å²) in [6, 6.07) is 14.5. The molecule has 0 bridgehead atoms. The molecule has 0 aliphatic rings. The zero-order valence-electron chi connectivity index (χ0n) is 14.0. The van der Waals surface area contributed by atoms with E-state index in [1.165, 1.54) is 0 Å². The number of carbonyl (C=O) groups is 1. The summed E-state index contributed by atoms with van der Waals surface area (Å²) in [6.07, 6.45) is 2.57. The molecule has 5 nitrogen and oxygen atoms in total. The van der Waals surface area contributed by atoms with Gasteiger partial charge in [-0.1, -0.05) is 6.92 Å². The Kier molecular flexibility index (Phi) is 6.83. The van der Waals surface area contributed by atoms with E-state index in [0.717, 1.165) is 23.5 Å². The summed E-state index contributed by atoms with van der Waals surface area (Å²) in [5.74, 6) is 1.30. The smallest absolute Gasteiger partial charge is 0.271 e. The number of hydrogen-bond acceptors (Lipinski definition) is 4. The summed E-state index contributed by atoms with van der Waals surface area (Å²) < 4.78 is 10.9. The van der Waals surface area contributed by atoms with Crippen LogP contribution < -0.4 is 14.9 Å². The van der Waals surface area contributed by atoms with Gasteiger partial charge in [0.2, 0.25) is 0 Å². The van der Waals surface area contributed by atoms with Crippen molar-refractivity contribution >= 4 is 12.1 Å². The molecular formula is C19H22N2O3. The quantitative estimate of drug-likeness (QED) is 0.595. The maximum absolute atomic E-state index is 12.0. The summed E-state index contributed by atoms with van der Waals surface area (Å²) in [6.45, 7) is 5.27. The van der Waals surface area contributed by atoms with Crippen molar-refractivity contribution < 1.29 is 14.3 Å². The van der Waals surface area contributed by atoms with E-state index in [1.54, 1.807) is 30.5 Å². The van der Waals surface area contributed by atoms with Crippen LogP contribution in [0.5, 0.6) is 11.5 Å². The average molecular weight is 326 g/mol. The highest BCUT2D eigenvalue weighted by molar-refractivity contribution is 5.95. The first-order valence-electron chi connectivity index (χ1n) is 8.02. The van der Waals surface area contributed by atoms with Crippen molar-refractivity contribution in [1.29, 1.82) is 0 Å². The summed E-state index contributed by atoms with van der Waals surface area (Å²) >= 11 is 0. The van der Waals surface area contributed by atoms with E-state index in [1.807, 2.05) is 31.2 Å². The lowest BCUT2D eigenvalue weighted by Gasteiger charge is -2.04. The van der Waals surface area contributed by atoms with Crippen LogP contribution >= 0.6 is 0 Å². The van der Waals surface area contributed by atoms with Gasteiger partial charge in [-0.05, 0) is 67.4 Å². The molecule has 0 fully saturated rings. The van der Waals surface area contributed by atoms with Gasteiger partial charge >= 0.3 is 0 Å². The van der Waals surface area contributed by atoms with Crippen LogP contribution in [-0.4, -0.2) is 25.3 Å². The molecule has 0 heterocycles. The molecule has 126 valence electrons. The highest BCUT2D eigenvalue weighted by atomic mass is 16.5. The molecule has 0 saturated carbocycles. The molecule has 0 aromatic heterocycles. The number of benzene rings is 2. The summed E-state index contributed by atoms with van der Waals surface area (Å²) in [5, 5.41) is 3.97. The van der Waals surface area contributed by atoms with Gasteiger partial charge in [0.05, 0.1) is 19.4 Å². The standard InChI is InChI=1S/C19H22N2O3/c1-3-13-24-18-9-5-15(6-10-18)14-20-21-19(22)16-7-11-17(12-8-16)23-4-2/h5-12,14H,3-4,13H2,1-2H3,(H,21,22)/b20-14-. The van der Waals surface area contributed by atoms with Crippen molar-refractivity contribution in [2.24, 2.45) is 5.10 Å². The van der Waals surface area contributed by atoms with Crippen molar-refractivity contribution in [3.63, 3.8) is 0 Å². The number of nitrogens with zero attached hydrogens (tertiary/aromatic N) is 1. The monoisotopic (exact) mass is 326 g/mol. The molecular weight excluding hydrogens is 304 g/mol. The Labute approximate surface area is 142 Å². The number of rotatable bonds is 8. The molecule has 1 N–H and O–H groups in total. The lowest BCUT2D eigenvalue weighted by Crippen LogP contribution is -2.17. The van der Waals surface area contributed by atoms with E-state index in [4.69, 9.17) is 9.47 Å². The fourth-order valence-electron chi connectivity index (χ4n) is 1.97. The van der Waals surface area contributed by atoms with E-state index in [2.05, 4.69) is 17.5 Å². The SMILES string of the molecule is CCCOc1ccc(/C=N\NC(=O)c2ccc(OCC)cc2)cc1. The number of amides is 1. The molecule has 2 aromatic rings. The second-order valence-corrected chi connectivity index (χ2v) is 5.07. The Hall–Kier alpha value is -2.82. The minimum Gasteiger partial charge on any atom is -0.494 e. The summed E-state index contributed by atoms with van der Waals surface area (Å²) in [7, 11) is 0. The van der Waals surface area contributed by atoms with Crippen LogP contribution in [0.4, 0.5) is 0 Å². The third-order valence-electron chi connectivity index (χ3n) is 3.16. The van der Waals surface area contributed by atoms with Gasteiger partial charge in [-0.15, -0.1) is 0 Å². The first-order chi connectivity index (χ1) is 11.7. The van der Waals surface area contributed by atoms with Crippen molar-refractivity contribution in [2.45, 2.75) is 20.3 Å². The highest BCUT2D eigenvalue weighted by Crippen LogP contribution is 2.12. The van der Waals surface area contributed by atoms with Crippen molar-refractivity contribution in [1.82, 2.24) is 5.43 Å². The van der Waals surface area contributed by atoms with Gasteiger partial charge in [0.15, 0.2) is 0 Å². The van der Waals surface area contributed by atoms with Crippen molar-refractivity contribution in [3.05, 3.63) is 59.7 Å². The van der Waals surface area contributed by atoms with Gasteiger partial charge in [0.1, 0.15) is 11.5 Å². The molecule has 0 unspecified atom stereocenters. The lowest BCUT2D eigenvalue weighted by atomic mass is 10.2. The van der Waals surface area contributed by atoms with Crippen LogP contribution in [0.25, 0.3) is 0 Å². The van der Waals surface area contributed by atoms with Crippen molar-refractivity contribution in [2.75, 3.05) is 13.2 Å². The Bertz CT molecular complexity index is 664. The number of carbonyl (C=O) groups excluding carboxylic acids is 1. The van der Waals surface area contributed by atoms with Gasteiger partial charge in [0.25, 0.3) is 5.91 Å². The second kappa shape index (κ2) is 9.35. The van der Waals surface area contributed by atoms with Gasteiger partial charge in [0, 0.05) is 5.56 Å². The van der Waals surface area contributed by atoms with Crippen molar-refractivity contribution in [3.8, 4) is 11.5 Å². The largest absolute Gasteiger partial charge is 0.494 e. The molecule has 2 aromatic carbocycles. The molecule has 1 amide bonds. The molecule has 0 atom stereocenters. The van der Waals surface area contributed by atoms with Crippen LogP contribution in [0.2, 0.25) is 0 Å². The van der Waals surface area contributed by atoms with Crippen LogP contribution in [0.1, 0.15) is 36.2 Å². The maximum Gasteiger partial charge on any atom is 0.271 e. The minimum absolute atomic E-state index is 0.266. The number of nitrogens with one attached hydrogen (secondary N) is 1. The van der Waals surface area contributed by atoms with Crippen LogP contribution in [0.15, 0.2) is 53.6 Å². The predicted molar refractivity (Wildman–Crippen MR) is 94.9 cm³/mol. The Balaban J connectivity index is 1.87. The van der Waals surface area contributed by atoms with Crippen LogP contribution in [0.3, 0.4) is 0 Å². The lowest BCUT2D eigenvalue weighted by molar-refractivity contribution is 0.0955. The third-order valence-corrected chi connectivity index (χ3v) is 3.16. The molecule has 0 spiro atoms. The van der Waals surface area contributed by atoms with Gasteiger partial charge in [-0.2, -0.15) is 5.10 Å². The fourth-order valence-corrected chi connectivity index (χ4v) is 1.97. The topological polar surface area (TPSA) is 59.9 Å². The number of hydrogen-bond donors (Lipinski definition) is 1. The fraction of sp³-hybridized carbons (Fsp3) is 0.263. The average Bonchev–Trinajstić information content (AvgIpc) is 2.62. The Morgan fingerprint density at radius 1 is 1.00 bits per heavy atom. The van der Waals surface area contributed by atoms with Gasteiger partial charge in [-0.25, -0.2) is 5.43 Å². The highest BCUT2D eigenvalue weighted by Gasteiger charge is 2.04. The molecule has 0 aliphatic carbocycles. The minimum atomic E-state index is -0.266. The normalized spacial score (nSPS) is 10.6. The predicted octanol–water partition coefficient (Wildman–Crippen LogP) is 3.64. The zero-order valence-corrected chi connectivity index (χ0v) is 14.0. The van der Waals surface area contributed by atoms with Gasteiger partial charge in [-0.3, -0.25) is 4.79 Å². The zero-order chi connectivity index (χ0) is 17.2. The first kappa shape index (κ1) is 17.5. The van der Waals surface area contributed by atoms with Crippen LogP contribution in [0, 0.1) is 0 Å². The van der Waals surface area contributed by atoms with E-state index in [0.29, 0.717) is 18.8 Å². The van der Waals surface area contributed by atoms with E-state index >= 15 is 0 Å². The maximum atomic E-state index is 12.0. The molecule has 5 heteroatoms. The number of ether oxygens (including phenoxy) is 2. The van der Waals surface area contributed by atoms with E-state index in [-0.39, 0.29) is 5.91 Å². The molecule has 2 rings (SSSR count). The summed E-state index contributed by atoms with van der Waals surface area (Å²) in [4.78, 5) is 12.0. The molecule has 0 saturated heterocycles. The molecule has 0 aliphatic heterocycles. The first-order valence-corrected chi connectivity index (χ1v) is 8.02. The van der Waals surface area contributed by atoms with E-state index in [9.17, 15) is 4.79 Å². The van der Waals surface area contributed by atoms with E-state index < -0.39 is 0 Å². The number of hydrazone groups is 1. The van der Waals surface area contributed by atoms with Gasteiger partial charge < -0.3 is 9.47 Å². The third kappa shape index (κ3) is 5.43. The molecule has 24 heavy (non-hydrogen) atoms. The van der Waals surface area contributed by atoms with Crippen LogP contribution in [-0.2, 0) is 0 Å². The Morgan fingerprint density at radius 3 is 2.25 bits per heavy atom. The summed E-state index contributed by atoms with van der Waals surface area (Å²) in [5.41, 5.74) is 3.91. The second-order valence-electron chi connectivity index (χ2n) is 5.07. The Morgan fingerprint density at radius 2 is 1.62 bits per heavy atom.